The Morgan fingerprint density at radius 1 is 1.15 bits per heavy atom. The summed E-state index contributed by atoms with van der Waals surface area (Å²) in [6.07, 6.45) is 0. The third kappa shape index (κ3) is 3.44. The number of aromatic hydroxyl groups is 1. The number of pyridine rings is 1. The van der Waals surface area contributed by atoms with Crippen molar-refractivity contribution >= 4 is 22.1 Å². The number of benzene rings is 2. The van der Waals surface area contributed by atoms with Crippen LogP contribution in [0.1, 0.15) is 25.0 Å². The fraction of sp³-hybridized carbons (Fsp3) is 0.238. The summed E-state index contributed by atoms with van der Waals surface area (Å²) in [7, 11) is 0. The van der Waals surface area contributed by atoms with E-state index in [1.807, 2.05) is 62.4 Å². The van der Waals surface area contributed by atoms with Crippen molar-refractivity contribution in [2.45, 2.75) is 27.3 Å². The van der Waals surface area contributed by atoms with Gasteiger partial charge < -0.3 is 5.11 Å². The van der Waals surface area contributed by atoms with Crippen LogP contribution in [0.2, 0.25) is 0 Å². The highest BCUT2D eigenvalue weighted by Gasteiger charge is 2.19. The summed E-state index contributed by atoms with van der Waals surface area (Å²) >= 11 is 0. The second-order valence-corrected chi connectivity index (χ2v) is 6.79. The van der Waals surface area contributed by atoms with Crippen molar-refractivity contribution in [1.82, 2.24) is 4.57 Å². The first-order chi connectivity index (χ1) is 12.9. The molecule has 1 heterocycles. The summed E-state index contributed by atoms with van der Waals surface area (Å²) in [5, 5.41) is 30.1. The minimum absolute atomic E-state index is 0.0436. The standard InChI is InChI=1S/C21H20N4O2/c1-13(2)12-25-20(26)17(11-22)14(3)19(21(25)27)24-23-18-10-6-8-15-7-4-5-9-16(15)18/h4-10,13,26H,12H2,1-3H3. The number of nitrogens with zero attached hydrogens (tertiary/aromatic N) is 4. The van der Waals surface area contributed by atoms with E-state index in [4.69, 9.17) is 0 Å². The fourth-order valence-corrected chi connectivity index (χ4v) is 2.99. The zero-order valence-electron chi connectivity index (χ0n) is 15.5. The largest absolute Gasteiger partial charge is 0.493 e. The van der Waals surface area contributed by atoms with Crippen LogP contribution in [0.4, 0.5) is 11.4 Å². The van der Waals surface area contributed by atoms with E-state index < -0.39 is 5.56 Å². The fourth-order valence-electron chi connectivity index (χ4n) is 2.99. The molecule has 3 rings (SSSR count). The Hall–Kier alpha value is -3.46. The van der Waals surface area contributed by atoms with Crippen molar-refractivity contribution in [3.05, 3.63) is 63.9 Å². The molecule has 0 atom stereocenters. The number of nitriles is 1. The Morgan fingerprint density at radius 3 is 2.56 bits per heavy atom. The Morgan fingerprint density at radius 2 is 1.85 bits per heavy atom. The molecule has 0 unspecified atom stereocenters. The van der Waals surface area contributed by atoms with Gasteiger partial charge in [-0.3, -0.25) is 9.36 Å². The van der Waals surface area contributed by atoms with Gasteiger partial charge in [0, 0.05) is 17.5 Å². The van der Waals surface area contributed by atoms with Crippen molar-refractivity contribution < 1.29 is 5.11 Å². The number of aromatic nitrogens is 1. The summed E-state index contributed by atoms with van der Waals surface area (Å²) in [6, 6.07) is 15.4. The second-order valence-electron chi connectivity index (χ2n) is 6.79. The van der Waals surface area contributed by atoms with Crippen LogP contribution in [0.3, 0.4) is 0 Å². The molecule has 0 amide bonds. The normalized spacial score (nSPS) is 11.4. The molecule has 6 heteroatoms. The molecule has 0 saturated heterocycles. The number of hydrogen-bond donors (Lipinski definition) is 1. The summed E-state index contributed by atoms with van der Waals surface area (Å²) in [4.78, 5) is 12.8. The maximum atomic E-state index is 12.8. The van der Waals surface area contributed by atoms with Crippen LogP contribution >= 0.6 is 0 Å². The lowest BCUT2D eigenvalue weighted by Gasteiger charge is -2.14. The summed E-state index contributed by atoms with van der Waals surface area (Å²) < 4.78 is 1.19. The van der Waals surface area contributed by atoms with Gasteiger partial charge in [0.1, 0.15) is 11.6 Å². The molecular weight excluding hydrogens is 340 g/mol. The molecule has 0 radical (unpaired) electrons. The van der Waals surface area contributed by atoms with Gasteiger partial charge in [0.15, 0.2) is 5.69 Å². The maximum absolute atomic E-state index is 12.8. The van der Waals surface area contributed by atoms with Crippen molar-refractivity contribution in [2.75, 3.05) is 0 Å². The highest BCUT2D eigenvalue weighted by atomic mass is 16.3. The lowest BCUT2D eigenvalue weighted by Crippen LogP contribution is -2.24. The quantitative estimate of drug-likeness (QED) is 0.667. The molecule has 0 aliphatic rings. The van der Waals surface area contributed by atoms with Crippen molar-refractivity contribution in [3.8, 4) is 11.9 Å². The Kier molecular flexibility index (Phi) is 5.04. The van der Waals surface area contributed by atoms with Crippen LogP contribution in [0.15, 0.2) is 57.5 Å². The second kappa shape index (κ2) is 7.42. The summed E-state index contributed by atoms with van der Waals surface area (Å²) in [5.74, 6) is -0.205. The zero-order valence-corrected chi connectivity index (χ0v) is 15.5. The first-order valence-corrected chi connectivity index (χ1v) is 8.70. The van der Waals surface area contributed by atoms with Gasteiger partial charge in [0.25, 0.3) is 5.56 Å². The molecular formula is C21H20N4O2. The van der Waals surface area contributed by atoms with Gasteiger partial charge in [-0.2, -0.15) is 5.26 Å². The first kappa shape index (κ1) is 18.3. The van der Waals surface area contributed by atoms with E-state index in [0.717, 1.165) is 10.8 Å². The van der Waals surface area contributed by atoms with Gasteiger partial charge in [0.05, 0.1) is 5.69 Å². The predicted molar refractivity (Wildman–Crippen MR) is 105 cm³/mol. The molecule has 1 N–H and O–H groups in total. The van der Waals surface area contributed by atoms with E-state index in [1.54, 1.807) is 6.92 Å². The van der Waals surface area contributed by atoms with Gasteiger partial charge >= 0.3 is 0 Å². The van der Waals surface area contributed by atoms with Gasteiger partial charge in [0.2, 0.25) is 5.88 Å². The first-order valence-electron chi connectivity index (χ1n) is 8.70. The molecule has 1 aromatic heterocycles. The van der Waals surface area contributed by atoms with E-state index in [9.17, 15) is 15.2 Å². The molecule has 0 aliphatic heterocycles. The monoisotopic (exact) mass is 360 g/mol. The van der Waals surface area contributed by atoms with E-state index in [1.165, 1.54) is 4.57 Å². The average molecular weight is 360 g/mol. The van der Waals surface area contributed by atoms with Crippen LogP contribution in [0, 0.1) is 24.2 Å². The van der Waals surface area contributed by atoms with Crippen LogP contribution < -0.4 is 5.56 Å². The van der Waals surface area contributed by atoms with Crippen LogP contribution in [-0.2, 0) is 6.54 Å². The third-order valence-corrected chi connectivity index (χ3v) is 4.34. The molecule has 27 heavy (non-hydrogen) atoms. The maximum Gasteiger partial charge on any atom is 0.281 e. The van der Waals surface area contributed by atoms with Crippen molar-refractivity contribution in [2.24, 2.45) is 16.1 Å². The molecule has 0 aliphatic carbocycles. The Balaban J connectivity index is 2.18. The number of hydrogen-bond acceptors (Lipinski definition) is 5. The zero-order chi connectivity index (χ0) is 19.6. The molecule has 0 bridgehead atoms. The van der Waals surface area contributed by atoms with Crippen LogP contribution in [0.5, 0.6) is 5.88 Å². The number of rotatable bonds is 4. The smallest absolute Gasteiger partial charge is 0.281 e. The minimum Gasteiger partial charge on any atom is -0.493 e. The minimum atomic E-state index is -0.457. The van der Waals surface area contributed by atoms with Crippen LogP contribution in [-0.4, -0.2) is 9.67 Å². The summed E-state index contributed by atoms with van der Waals surface area (Å²) in [6.45, 7) is 5.73. The highest BCUT2D eigenvalue weighted by Crippen LogP contribution is 2.30. The van der Waals surface area contributed by atoms with Gasteiger partial charge in [-0.25, -0.2) is 0 Å². The van der Waals surface area contributed by atoms with Gasteiger partial charge in [-0.15, -0.1) is 10.2 Å². The van der Waals surface area contributed by atoms with Gasteiger partial charge in [-0.1, -0.05) is 50.2 Å². The average Bonchev–Trinajstić information content (AvgIpc) is 2.65. The van der Waals surface area contributed by atoms with Crippen molar-refractivity contribution in [3.63, 3.8) is 0 Å². The topological polar surface area (TPSA) is 90.7 Å². The highest BCUT2D eigenvalue weighted by molar-refractivity contribution is 5.92. The molecule has 0 spiro atoms. The molecule has 0 fully saturated rings. The van der Waals surface area contributed by atoms with E-state index in [2.05, 4.69) is 10.2 Å². The Labute approximate surface area is 157 Å². The van der Waals surface area contributed by atoms with E-state index in [0.29, 0.717) is 11.3 Å². The van der Waals surface area contributed by atoms with Crippen LogP contribution in [0.25, 0.3) is 10.8 Å². The molecule has 0 saturated carbocycles. The Bertz CT molecular complexity index is 1130. The molecule has 136 valence electrons. The summed E-state index contributed by atoms with van der Waals surface area (Å²) in [5.41, 5.74) is 0.611. The van der Waals surface area contributed by atoms with Crippen molar-refractivity contribution in [1.29, 1.82) is 5.26 Å². The number of fused-ring (bicyclic) bond motifs is 1. The third-order valence-electron chi connectivity index (χ3n) is 4.34. The molecule has 3 aromatic rings. The van der Waals surface area contributed by atoms with Gasteiger partial charge in [-0.05, 0) is 24.3 Å². The number of azo groups is 1. The van der Waals surface area contributed by atoms with E-state index in [-0.39, 0.29) is 29.6 Å². The van der Waals surface area contributed by atoms with E-state index >= 15 is 0 Å². The SMILES string of the molecule is Cc1c(C#N)c(O)n(CC(C)C)c(=O)c1N=Nc1cccc2ccccc12. The lowest BCUT2D eigenvalue weighted by molar-refractivity contribution is 0.381. The molecule has 2 aromatic carbocycles. The molecule has 6 nitrogen and oxygen atoms in total. The lowest BCUT2D eigenvalue weighted by atomic mass is 10.1. The predicted octanol–water partition coefficient (Wildman–Crippen LogP) is 4.96.